The lowest BCUT2D eigenvalue weighted by molar-refractivity contribution is -0.140. The van der Waals surface area contributed by atoms with Crippen molar-refractivity contribution in [2.45, 2.75) is 6.04 Å². The molecule has 3 aromatic carbocycles. The molecular formula is C28H29N3O4. The van der Waals surface area contributed by atoms with E-state index >= 15 is 0 Å². The number of rotatable bonds is 5. The number of likely N-dealkylation sites (N-methyl/N-ethyl adjacent to an activating group) is 2. The Labute approximate surface area is 204 Å². The van der Waals surface area contributed by atoms with Crippen LogP contribution in [0.15, 0.2) is 66.2 Å². The van der Waals surface area contributed by atoms with Gasteiger partial charge in [-0.15, -0.1) is 0 Å². The van der Waals surface area contributed by atoms with E-state index in [1.165, 1.54) is 0 Å². The number of benzene rings is 3. The van der Waals surface area contributed by atoms with Crippen molar-refractivity contribution in [2.75, 3.05) is 52.3 Å². The lowest BCUT2D eigenvalue weighted by atomic mass is 9.91. The molecule has 0 aliphatic carbocycles. The average Bonchev–Trinajstić information content (AvgIpc) is 3.11. The number of aliphatic hydroxyl groups excluding tert-OH is 1. The minimum Gasteiger partial charge on any atom is -0.507 e. The third-order valence-corrected chi connectivity index (χ3v) is 6.77. The second kappa shape index (κ2) is 9.07. The summed E-state index contributed by atoms with van der Waals surface area (Å²) < 4.78 is 5.73. The number of carbonyl (C=O) groups is 2. The molecule has 1 atom stereocenters. The lowest BCUT2D eigenvalue weighted by Gasteiger charge is -2.29. The van der Waals surface area contributed by atoms with Gasteiger partial charge in [-0.2, -0.15) is 0 Å². The molecule has 0 saturated carbocycles. The monoisotopic (exact) mass is 471 g/mol. The van der Waals surface area contributed by atoms with Crippen LogP contribution in [0.4, 0.5) is 5.69 Å². The molecule has 2 aliphatic rings. The van der Waals surface area contributed by atoms with Crippen LogP contribution in [0.5, 0.6) is 5.75 Å². The van der Waals surface area contributed by atoms with Crippen molar-refractivity contribution in [3.8, 4) is 5.75 Å². The SMILES string of the molecule is CN(C)CCN1C(=O)C(=O)/C(=C(/O)c2ccc3c(c2)N(C)CCO3)C1c1cccc2ccccc12. The summed E-state index contributed by atoms with van der Waals surface area (Å²) in [5.74, 6) is -0.700. The Kier molecular flexibility index (Phi) is 5.94. The molecule has 1 saturated heterocycles. The number of aliphatic hydroxyl groups is 1. The number of amides is 1. The fraction of sp³-hybridized carbons (Fsp3) is 0.286. The Balaban J connectivity index is 1.70. The van der Waals surface area contributed by atoms with Gasteiger partial charge in [0.2, 0.25) is 0 Å². The first kappa shape index (κ1) is 22.9. The number of hydrogen-bond donors (Lipinski definition) is 1. The smallest absolute Gasteiger partial charge is 0.295 e. The molecule has 5 rings (SSSR count). The predicted molar refractivity (Wildman–Crippen MR) is 137 cm³/mol. The van der Waals surface area contributed by atoms with Crippen molar-refractivity contribution in [3.05, 3.63) is 77.4 Å². The number of ketones is 1. The molecule has 7 heteroatoms. The van der Waals surface area contributed by atoms with Gasteiger partial charge in [-0.3, -0.25) is 9.59 Å². The van der Waals surface area contributed by atoms with Crippen LogP contribution in [0.2, 0.25) is 0 Å². The highest BCUT2D eigenvalue weighted by molar-refractivity contribution is 6.46. The summed E-state index contributed by atoms with van der Waals surface area (Å²) in [6, 6.07) is 18.4. The number of carbonyl (C=O) groups excluding carboxylic acids is 2. The largest absolute Gasteiger partial charge is 0.507 e. The predicted octanol–water partition coefficient (Wildman–Crippen LogP) is 3.65. The van der Waals surface area contributed by atoms with Crippen LogP contribution in [0, 0.1) is 0 Å². The first-order chi connectivity index (χ1) is 16.9. The van der Waals surface area contributed by atoms with Gasteiger partial charge in [-0.1, -0.05) is 42.5 Å². The van der Waals surface area contributed by atoms with E-state index in [0.29, 0.717) is 25.3 Å². The summed E-state index contributed by atoms with van der Waals surface area (Å²) in [5, 5.41) is 13.5. The van der Waals surface area contributed by atoms with E-state index < -0.39 is 17.7 Å². The molecular weight excluding hydrogens is 442 g/mol. The molecule has 180 valence electrons. The minimum absolute atomic E-state index is 0.115. The van der Waals surface area contributed by atoms with Gasteiger partial charge in [0, 0.05) is 25.7 Å². The van der Waals surface area contributed by atoms with Gasteiger partial charge in [0.05, 0.1) is 23.8 Å². The summed E-state index contributed by atoms with van der Waals surface area (Å²) in [5.41, 5.74) is 2.26. The Bertz CT molecular complexity index is 1340. The molecule has 1 unspecified atom stereocenters. The van der Waals surface area contributed by atoms with Crippen LogP contribution >= 0.6 is 0 Å². The first-order valence-corrected chi connectivity index (χ1v) is 11.8. The van der Waals surface area contributed by atoms with Crippen LogP contribution < -0.4 is 9.64 Å². The molecule has 7 nitrogen and oxygen atoms in total. The number of ether oxygens (including phenoxy) is 1. The third-order valence-electron chi connectivity index (χ3n) is 6.77. The standard InChI is InChI=1S/C28H29N3O4/c1-29(2)13-14-31-25(21-10-6-8-18-7-4-5-9-20(18)21)24(27(33)28(31)34)26(32)19-11-12-23-22(17-19)30(3)15-16-35-23/h4-12,17,25,32H,13-16H2,1-3H3/b26-24+. The Morgan fingerprint density at radius 1 is 1.09 bits per heavy atom. The topological polar surface area (TPSA) is 73.3 Å². The summed E-state index contributed by atoms with van der Waals surface area (Å²) >= 11 is 0. The molecule has 0 radical (unpaired) electrons. The van der Waals surface area contributed by atoms with Crippen molar-refractivity contribution in [3.63, 3.8) is 0 Å². The molecule has 35 heavy (non-hydrogen) atoms. The quantitative estimate of drug-likeness (QED) is 0.348. The van der Waals surface area contributed by atoms with E-state index in [4.69, 9.17) is 4.74 Å². The maximum Gasteiger partial charge on any atom is 0.295 e. The van der Waals surface area contributed by atoms with E-state index in [1.54, 1.807) is 17.0 Å². The zero-order valence-electron chi connectivity index (χ0n) is 20.2. The lowest BCUT2D eigenvalue weighted by Crippen LogP contribution is -2.35. The average molecular weight is 472 g/mol. The molecule has 1 fully saturated rings. The van der Waals surface area contributed by atoms with E-state index in [9.17, 15) is 14.7 Å². The molecule has 1 amide bonds. The van der Waals surface area contributed by atoms with E-state index in [0.717, 1.165) is 34.3 Å². The maximum atomic E-state index is 13.4. The second-order valence-corrected chi connectivity index (χ2v) is 9.32. The van der Waals surface area contributed by atoms with Crippen molar-refractivity contribution in [1.82, 2.24) is 9.80 Å². The maximum absolute atomic E-state index is 13.4. The van der Waals surface area contributed by atoms with E-state index in [-0.39, 0.29) is 11.3 Å². The zero-order valence-corrected chi connectivity index (χ0v) is 20.2. The molecule has 2 heterocycles. The Hall–Kier alpha value is -3.84. The molecule has 0 aromatic heterocycles. The molecule has 1 N–H and O–H groups in total. The van der Waals surface area contributed by atoms with Crippen LogP contribution in [0.1, 0.15) is 17.2 Å². The van der Waals surface area contributed by atoms with Gasteiger partial charge in [0.25, 0.3) is 11.7 Å². The molecule has 0 spiro atoms. The highest BCUT2D eigenvalue weighted by Gasteiger charge is 2.46. The van der Waals surface area contributed by atoms with E-state index in [2.05, 4.69) is 0 Å². The minimum atomic E-state index is -0.689. The van der Waals surface area contributed by atoms with Crippen molar-refractivity contribution in [1.29, 1.82) is 0 Å². The van der Waals surface area contributed by atoms with Gasteiger partial charge >= 0.3 is 0 Å². The normalized spacial score (nSPS) is 19.4. The summed E-state index contributed by atoms with van der Waals surface area (Å²) in [6.45, 7) is 2.27. The third kappa shape index (κ3) is 4.02. The number of anilines is 1. The zero-order chi connectivity index (χ0) is 24.7. The molecule has 0 bridgehead atoms. The Morgan fingerprint density at radius 3 is 2.66 bits per heavy atom. The summed E-state index contributed by atoms with van der Waals surface area (Å²) in [6.07, 6.45) is 0. The van der Waals surface area contributed by atoms with Gasteiger partial charge in [0.1, 0.15) is 18.1 Å². The summed E-state index contributed by atoms with van der Waals surface area (Å²) in [4.78, 5) is 32.2. The second-order valence-electron chi connectivity index (χ2n) is 9.32. The van der Waals surface area contributed by atoms with Gasteiger partial charge in [-0.25, -0.2) is 0 Å². The first-order valence-electron chi connectivity index (χ1n) is 11.8. The fourth-order valence-corrected chi connectivity index (χ4v) is 4.88. The van der Waals surface area contributed by atoms with Crippen molar-refractivity contribution in [2.24, 2.45) is 0 Å². The van der Waals surface area contributed by atoms with Crippen molar-refractivity contribution >= 4 is 33.9 Å². The van der Waals surface area contributed by atoms with Gasteiger partial charge < -0.3 is 24.5 Å². The number of nitrogens with zero attached hydrogens (tertiary/aromatic N) is 3. The highest BCUT2D eigenvalue weighted by Crippen LogP contribution is 2.43. The van der Waals surface area contributed by atoms with Crippen LogP contribution in [-0.2, 0) is 9.59 Å². The van der Waals surface area contributed by atoms with E-state index in [1.807, 2.05) is 79.5 Å². The number of likely N-dealkylation sites (tertiary alicyclic amines) is 1. The molecule has 2 aliphatic heterocycles. The number of Topliss-reactive ketones (excluding diaryl/α,β-unsaturated/α-hetero) is 1. The number of hydrogen-bond acceptors (Lipinski definition) is 6. The molecule has 3 aromatic rings. The van der Waals surface area contributed by atoms with Crippen LogP contribution in [-0.4, -0.2) is 74.0 Å². The number of fused-ring (bicyclic) bond motifs is 2. The summed E-state index contributed by atoms with van der Waals surface area (Å²) in [7, 11) is 5.81. The van der Waals surface area contributed by atoms with Gasteiger partial charge in [-0.05, 0) is 48.6 Å². The van der Waals surface area contributed by atoms with Gasteiger partial charge in [0.15, 0.2) is 0 Å². The Morgan fingerprint density at radius 2 is 1.86 bits per heavy atom. The van der Waals surface area contributed by atoms with Crippen molar-refractivity contribution < 1.29 is 19.4 Å². The van der Waals surface area contributed by atoms with Crippen LogP contribution in [0.25, 0.3) is 16.5 Å². The van der Waals surface area contributed by atoms with Crippen LogP contribution in [0.3, 0.4) is 0 Å². The highest BCUT2D eigenvalue weighted by atomic mass is 16.5. The fourth-order valence-electron chi connectivity index (χ4n) is 4.88.